The van der Waals surface area contributed by atoms with Crippen LogP contribution in [0.15, 0.2) is 18.2 Å². The van der Waals surface area contributed by atoms with Crippen molar-refractivity contribution in [1.29, 1.82) is 0 Å². The number of halogens is 1. The van der Waals surface area contributed by atoms with E-state index in [-0.39, 0.29) is 11.2 Å². The van der Waals surface area contributed by atoms with Gasteiger partial charge in [0.25, 0.3) is 5.69 Å². The lowest BCUT2D eigenvalue weighted by Crippen LogP contribution is -2.40. The molecule has 0 atom stereocenters. The van der Waals surface area contributed by atoms with E-state index < -0.39 is 4.92 Å². The fourth-order valence-electron chi connectivity index (χ4n) is 1.70. The Labute approximate surface area is 112 Å². The summed E-state index contributed by atoms with van der Waals surface area (Å²) in [5.74, 6) is 0. The minimum Gasteiger partial charge on any atom is -0.307 e. The van der Waals surface area contributed by atoms with Crippen LogP contribution in [0.2, 0.25) is 5.02 Å². The maximum absolute atomic E-state index is 11.0. The zero-order chi connectivity index (χ0) is 13.8. The SMILES string of the molecule is CCC(C)(CC)NCc1c(Cl)cccc1[N+](=O)[O-]. The van der Waals surface area contributed by atoms with Gasteiger partial charge in [-0.2, -0.15) is 0 Å². The van der Waals surface area contributed by atoms with Crippen molar-refractivity contribution in [3.8, 4) is 0 Å². The van der Waals surface area contributed by atoms with Crippen LogP contribution in [0.5, 0.6) is 0 Å². The number of rotatable bonds is 6. The Hall–Kier alpha value is -1.13. The largest absolute Gasteiger partial charge is 0.307 e. The van der Waals surface area contributed by atoms with Gasteiger partial charge in [-0.05, 0) is 25.8 Å². The average molecular weight is 271 g/mol. The molecule has 0 heterocycles. The summed E-state index contributed by atoms with van der Waals surface area (Å²) in [5, 5.41) is 14.8. The molecule has 0 saturated carbocycles. The predicted octanol–water partition coefficient (Wildman–Crippen LogP) is 3.92. The molecule has 5 heteroatoms. The van der Waals surface area contributed by atoms with Gasteiger partial charge in [0.05, 0.1) is 15.5 Å². The second-order valence-corrected chi connectivity index (χ2v) is 5.02. The summed E-state index contributed by atoms with van der Waals surface area (Å²) in [4.78, 5) is 10.6. The summed E-state index contributed by atoms with van der Waals surface area (Å²) < 4.78 is 0. The number of hydrogen-bond donors (Lipinski definition) is 1. The van der Waals surface area contributed by atoms with E-state index in [0.717, 1.165) is 12.8 Å². The molecule has 1 aromatic rings. The first kappa shape index (κ1) is 14.9. The van der Waals surface area contributed by atoms with Gasteiger partial charge in [0, 0.05) is 18.2 Å². The van der Waals surface area contributed by atoms with Crippen LogP contribution in [0.25, 0.3) is 0 Å². The van der Waals surface area contributed by atoms with Gasteiger partial charge < -0.3 is 5.32 Å². The molecule has 0 radical (unpaired) electrons. The highest BCUT2D eigenvalue weighted by molar-refractivity contribution is 6.31. The molecule has 0 aliphatic carbocycles. The van der Waals surface area contributed by atoms with Gasteiger partial charge in [0.15, 0.2) is 0 Å². The molecule has 0 fully saturated rings. The van der Waals surface area contributed by atoms with Crippen molar-refractivity contribution in [3.63, 3.8) is 0 Å². The van der Waals surface area contributed by atoms with E-state index in [4.69, 9.17) is 11.6 Å². The summed E-state index contributed by atoms with van der Waals surface area (Å²) >= 11 is 6.04. The summed E-state index contributed by atoms with van der Waals surface area (Å²) in [6, 6.07) is 4.77. The van der Waals surface area contributed by atoms with E-state index in [9.17, 15) is 10.1 Å². The van der Waals surface area contributed by atoms with Crippen LogP contribution in [0, 0.1) is 10.1 Å². The zero-order valence-corrected chi connectivity index (χ0v) is 11.8. The normalized spacial score (nSPS) is 11.6. The highest BCUT2D eigenvalue weighted by Crippen LogP contribution is 2.27. The second kappa shape index (κ2) is 6.16. The lowest BCUT2D eigenvalue weighted by molar-refractivity contribution is -0.385. The molecular weight excluding hydrogens is 252 g/mol. The molecule has 18 heavy (non-hydrogen) atoms. The van der Waals surface area contributed by atoms with Crippen LogP contribution >= 0.6 is 11.6 Å². The van der Waals surface area contributed by atoms with E-state index in [1.54, 1.807) is 12.1 Å². The molecule has 4 nitrogen and oxygen atoms in total. The quantitative estimate of drug-likeness (QED) is 0.630. The van der Waals surface area contributed by atoms with E-state index in [0.29, 0.717) is 17.1 Å². The highest BCUT2D eigenvalue weighted by atomic mass is 35.5. The van der Waals surface area contributed by atoms with Gasteiger partial charge in [-0.1, -0.05) is 31.5 Å². The van der Waals surface area contributed by atoms with Crippen molar-refractivity contribution in [3.05, 3.63) is 38.9 Å². The summed E-state index contributed by atoms with van der Waals surface area (Å²) in [6.07, 6.45) is 1.92. The second-order valence-electron chi connectivity index (χ2n) is 4.62. The van der Waals surface area contributed by atoms with Crippen LogP contribution in [0.3, 0.4) is 0 Å². The predicted molar refractivity (Wildman–Crippen MR) is 73.9 cm³/mol. The number of benzene rings is 1. The van der Waals surface area contributed by atoms with Crippen molar-refractivity contribution in [2.24, 2.45) is 0 Å². The first-order valence-corrected chi connectivity index (χ1v) is 6.48. The summed E-state index contributed by atoms with van der Waals surface area (Å²) in [5.41, 5.74) is 0.606. The maximum Gasteiger partial charge on any atom is 0.275 e. The molecule has 0 spiro atoms. The molecule has 0 amide bonds. The van der Waals surface area contributed by atoms with Gasteiger partial charge in [0.2, 0.25) is 0 Å². The Bertz CT molecular complexity index is 431. The molecule has 1 rings (SSSR count). The third kappa shape index (κ3) is 3.43. The molecular formula is C13H19ClN2O2. The minimum atomic E-state index is -0.391. The van der Waals surface area contributed by atoms with Crippen molar-refractivity contribution < 1.29 is 4.92 Å². The summed E-state index contributed by atoms with van der Waals surface area (Å²) in [7, 11) is 0. The third-order valence-corrected chi connectivity index (χ3v) is 3.90. The number of nitrogens with zero attached hydrogens (tertiary/aromatic N) is 1. The lowest BCUT2D eigenvalue weighted by atomic mass is 9.95. The number of nitro benzene ring substituents is 1. The van der Waals surface area contributed by atoms with E-state index in [1.807, 2.05) is 0 Å². The Balaban J connectivity index is 2.94. The molecule has 100 valence electrons. The average Bonchev–Trinajstić information content (AvgIpc) is 2.36. The van der Waals surface area contributed by atoms with Gasteiger partial charge in [-0.3, -0.25) is 10.1 Å². The molecule has 0 unspecified atom stereocenters. The topological polar surface area (TPSA) is 55.2 Å². The molecule has 0 bridgehead atoms. The van der Waals surface area contributed by atoms with Gasteiger partial charge in [-0.15, -0.1) is 0 Å². The van der Waals surface area contributed by atoms with Gasteiger partial charge in [0.1, 0.15) is 0 Å². The number of hydrogen-bond acceptors (Lipinski definition) is 3. The number of nitrogens with one attached hydrogen (secondary N) is 1. The molecule has 1 N–H and O–H groups in total. The van der Waals surface area contributed by atoms with Crippen LogP contribution < -0.4 is 5.32 Å². The first-order chi connectivity index (χ1) is 8.43. The van der Waals surface area contributed by atoms with E-state index in [1.165, 1.54) is 6.07 Å². The van der Waals surface area contributed by atoms with E-state index in [2.05, 4.69) is 26.1 Å². The molecule has 0 aliphatic rings. The number of nitro groups is 1. The standard InChI is InChI=1S/C13H19ClN2O2/c1-4-13(3,5-2)15-9-10-11(14)7-6-8-12(10)16(17)18/h6-8,15H,4-5,9H2,1-3H3. The molecule has 1 aromatic carbocycles. The Kier molecular flexibility index (Phi) is 5.11. The lowest BCUT2D eigenvalue weighted by Gasteiger charge is -2.28. The molecule has 0 aliphatic heterocycles. The molecule has 0 aromatic heterocycles. The van der Waals surface area contributed by atoms with Crippen molar-refractivity contribution in [2.45, 2.75) is 45.7 Å². The molecule has 0 saturated heterocycles. The summed E-state index contributed by atoms with van der Waals surface area (Å²) in [6.45, 7) is 6.71. The van der Waals surface area contributed by atoms with Crippen molar-refractivity contribution in [2.75, 3.05) is 0 Å². The van der Waals surface area contributed by atoms with Crippen molar-refractivity contribution >= 4 is 17.3 Å². The monoisotopic (exact) mass is 270 g/mol. The van der Waals surface area contributed by atoms with Gasteiger partial charge in [-0.25, -0.2) is 0 Å². The zero-order valence-electron chi connectivity index (χ0n) is 11.0. The Morgan fingerprint density at radius 3 is 2.50 bits per heavy atom. The highest BCUT2D eigenvalue weighted by Gasteiger charge is 2.22. The van der Waals surface area contributed by atoms with E-state index >= 15 is 0 Å². The fourth-order valence-corrected chi connectivity index (χ4v) is 1.93. The smallest absolute Gasteiger partial charge is 0.275 e. The van der Waals surface area contributed by atoms with Crippen LogP contribution in [-0.4, -0.2) is 10.5 Å². The third-order valence-electron chi connectivity index (χ3n) is 3.54. The van der Waals surface area contributed by atoms with Crippen LogP contribution in [0.4, 0.5) is 5.69 Å². The fraction of sp³-hybridized carbons (Fsp3) is 0.538. The Morgan fingerprint density at radius 1 is 1.39 bits per heavy atom. The minimum absolute atomic E-state index is 0.0208. The van der Waals surface area contributed by atoms with Crippen LogP contribution in [0.1, 0.15) is 39.2 Å². The van der Waals surface area contributed by atoms with Crippen LogP contribution in [-0.2, 0) is 6.54 Å². The Morgan fingerprint density at radius 2 is 2.00 bits per heavy atom. The van der Waals surface area contributed by atoms with Gasteiger partial charge >= 0.3 is 0 Å². The first-order valence-electron chi connectivity index (χ1n) is 6.10. The maximum atomic E-state index is 11.0. The van der Waals surface area contributed by atoms with Crippen molar-refractivity contribution in [1.82, 2.24) is 5.32 Å².